The van der Waals surface area contributed by atoms with E-state index < -0.39 is 11.9 Å². The van der Waals surface area contributed by atoms with Gasteiger partial charge in [-0.05, 0) is 117 Å². The monoisotopic (exact) mass is 566 g/mol. The molecule has 0 aliphatic carbocycles. The number of aromatic amines is 2. The number of fused-ring (bicyclic) bond motifs is 8. The Morgan fingerprint density at radius 1 is 0.762 bits per heavy atom. The minimum atomic E-state index is -0.829. The van der Waals surface area contributed by atoms with Gasteiger partial charge in [-0.15, -0.1) is 0 Å². The van der Waals surface area contributed by atoms with E-state index in [9.17, 15) is 14.7 Å². The number of methoxy groups -OCH3 is 1. The van der Waals surface area contributed by atoms with Crippen molar-refractivity contribution in [1.82, 2.24) is 19.9 Å². The van der Waals surface area contributed by atoms with Gasteiger partial charge in [-0.2, -0.15) is 0 Å². The van der Waals surface area contributed by atoms with E-state index in [1.165, 1.54) is 23.8 Å². The lowest BCUT2D eigenvalue weighted by Gasteiger charge is -2.04. The van der Waals surface area contributed by atoms with Gasteiger partial charge in [0.1, 0.15) is 0 Å². The average molecular weight is 567 g/mol. The zero-order valence-electron chi connectivity index (χ0n) is 25.4. The number of nitrogens with zero attached hydrogens (tertiary/aromatic N) is 2. The fourth-order valence-corrected chi connectivity index (χ4v) is 6.16. The van der Waals surface area contributed by atoms with E-state index >= 15 is 0 Å². The third-order valence-electron chi connectivity index (χ3n) is 8.58. The van der Waals surface area contributed by atoms with E-state index in [2.05, 4.69) is 49.8 Å². The quantitative estimate of drug-likeness (QED) is 0.251. The number of carboxylic acid groups (broad SMARTS) is 1. The number of carbonyl (C=O) groups is 2. The number of nitrogens with one attached hydrogen (secondary N) is 2. The number of H-pyrrole nitrogens is 2. The van der Waals surface area contributed by atoms with Crippen LogP contribution in [0.4, 0.5) is 0 Å². The van der Waals surface area contributed by atoms with Crippen LogP contribution in [0.1, 0.15) is 103 Å². The number of hydrogen-bond acceptors (Lipinski definition) is 5. The van der Waals surface area contributed by atoms with Crippen LogP contribution in [0.3, 0.4) is 0 Å². The minimum absolute atomic E-state index is 0.0664. The van der Waals surface area contributed by atoms with E-state index in [1.54, 1.807) is 0 Å². The number of aliphatic carboxylic acids is 1. The second-order valence-electron chi connectivity index (χ2n) is 11.0. The van der Waals surface area contributed by atoms with Crippen LogP contribution in [-0.2, 0) is 16.0 Å². The van der Waals surface area contributed by atoms with E-state index in [1.807, 2.05) is 26.0 Å². The maximum atomic E-state index is 13.0. The molecule has 0 saturated heterocycles. The SMILES string of the molecule is CCC1=C(C)c2cc3nc(cc4[nH]c(cc5[nH]c(cc1n2)c(C)c5CC)c(C)c4C(=O)OC)C(CCCC(=O)O)=C3C. The zero-order chi connectivity index (χ0) is 30.3. The minimum Gasteiger partial charge on any atom is -0.481 e. The van der Waals surface area contributed by atoms with Gasteiger partial charge in [-0.1, -0.05) is 13.8 Å². The molecule has 0 radical (unpaired) electrons. The molecule has 42 heavy (non-hydrogen) atoms. The molecule has 0 atom stereocenters. The molecule has 8 bridgehead atoms. The van der Waals surface area contributed by atoms with Gasteiger partial charge < -0.3 is 19.8 Å². The van der Waals surface area contributed by atoms with Crippen LogP contribution < -0.4 is 0 Å². The first-order valence-electron chi connectivity index (χ1n) is 14.5. The van der Waals surface area contributed by atoms with Crippen molar-refractivity contribution < 1.29 is 19.4 Å². The molecule has 8 nitrogen and oxygen atoms in total. The molecule has 8 heteroatoms. The normalized spacial score (nSPS) is 13.2. The van der Waals surface area contributed by atoms with Crippen LogP contribution in [0.5, 0.6) is 0 Å². The smallest absolute Gasteiger partial charge is 0.340 e. The van der Waals surface area contributed by atoms with Crippen molar-refractivity contribution in [2.75, 3.05) is 7.11 Å². The molecular formula is C34H38N4O4. The van der Waals surface area contributed by atoms with Crippen LogP contribution in [0.2, 0.25) is 0 Å². The Labute approximate surface area is 245 Å². The topological polar surface area (TPSA) is 121 Å². The number of rotatable bonds is 7. The highest BCUT2D eigenvalue weighted by Crippen LogP contribution is 2.37. The number of aryl methyl sites for hydroxylation is 3. The first-order valence-corrected chi connectivity index (χ1v) is 14.5. The molecule has 3 aromatic rings. The summed E-state index contributed by atoms with van der Waals surface area (Å²) in [6.07, 6.45) is 2.79. The van der Waals surface area contributed by atoms with Gasteiger partial charge in [-0.3, -0.25) is 4.79 Å². The summed E-state index contributed by atoms with van der Waals surface area (Å²) in [5, 5.41) is 9.27. The van der Waals surface area contributed by atoms with Crippen molar-refractivity contribution in [2.24, 2.45) is 0 Å². The van der Waals surface area contributed by atoms with Gasteiger partial charge in [0.25, 0.3) is 0 Å². The summed E-state index contributed by atoms with van der Waals surface area (Å²) < 4.78 is 5.19. The first kappa shape index (κ1) is 29.0. The fourth-order valence-electron chi connectivity index (χ4n) is 6.16. The highest BCUT2D eigenvalue weighted by molar-refractivity contribution is 6.03. The zero-order valence-corrected chi connectivity index (χ0v) is 25.4. The molecule has 0 amide bonds. The predicted molar refractivity (Wildman–Crippen MR) is 168 cm³/mol. The Morgan fingerprint density at radius 2 is 1.36 bits per heavy atom. The van der Waals surface area contributed by atoms with E-state index in [4.69, 9.17) is 14.7 Å². The highest BCUT2D eigenvalue weighted by Gasteiger charge is 2.22. The first-order chi connectivity index (χ1) is 20.1. The second kappa shape index (κ2) is 11.4. The molecule has 0 saturated carbocycles. The van der Waals surface area contributed by atoms with Crippen molar-refractivity contribution >= 4 is 56.3 Å². The maximum absolute atomic E-state index is 13.0. The number of ether oxygens (including phenoxy) is 1. The summed E-state index contributed by atoms with van der Waals surface area (Å²) in [6.45, 7) is 12.5. The van der Waals surface area contributed by atoms with Crippen molar-refractivity contribution in [1.29, 1.82) is 0 Å². The molecule has 3 N–H and O–H groups in total. The van der Waals surface area contributed by atoms with Gasteiger partial charge in [0.2, 0.25) is 0 Å². The predicted octanol–water partition coefficient (Wildman–Crippen LogP) is 7.81. The molecule has 0 fully saturated rings. The summed E-state index contributed by atoms with van der Waals surface area (Å²) >= 11 is 0. The third kappa shape index (κ3) is 5.06. The molecule has 5 heterocycles. The lowest BCUT2D eigenvalue weighted by atomic mass is 9.99. The third-order valence-corrected chi connectivity index (χ3v) is 8.58. The summed E-state index contributed by atoms with van der Waals surface area (Å²) in [7, 11) is 1.38. The standard InChI is InChI=1S/C34H38N4O4/c1-8-21-17(3)24-13-25-19(5)23(11-10-12-32(39)40)30(37-25)16-31-33(34(41)42-7)20(6)27(38-31)15-29-22(9-2)18(4)26(36-29)14-28(21)35-24/h13-16,36,38H,8-12H2,1-7H3,(H,39,40). The van der Waals surface area contributed by atoms with Crippen molar-refractivity contribution in [3.8, 4) is 0 Å². The highest BCUT2D eigenvalue weighted by atomic mass is 16.5. The number of carbonyl (C=O) groups excluding carboxylic acids is 1. The lowest BCUT2D eigenvalue weighted by molar-refractivity contribution is -0.137. The summed E-state index contributed by atoms with van der Waals surface area (Å²) in [4.78, 5) is 41.5. The molecule has 5 rings (SSSR count). The Balaban J connectivity index is 1.93. The Hall–Kier alpha value is -4.46. The molecule has 0 spiro atoms. The van der Waals surface area contributed by atoms with Crippen LogP contribution in [0, 0.1) is 13.8 Å². The Bertz CT molecular complexity index is 1850. The molecule has 3 aromatic heterocycles. The van der Waals surface area contributed by atoms with Gasteiger partial charge in [0.05, 0.1) is 41.0 Å². The molecule has 0 unspecified atom stereocenters. The molecule has 0 aromatic carbocycles. The molecule has 2 aliphatic heterocycles. The Morgan fingerprint density at radius 3 is 1.98 bits per heavy atom. The van der Waals surface area contributed by atoms with E-state index in [-0.39, 0.29) is 6.42 Å². The largest absolute Gasteiger partial charge is 0.481 e. The van der Waals surface area contributed by atoms with Gasteiger partial charge in [-0.25, -0.2) is 14.8 Å². The van der Waals surface area contributed by atoms with Crippen molar-refractivity contribution in [3.63, 3.8) is 0 Å². The number of aromatic nitrogens is 4. The molecule has 218 valence electrons. The van der Waals surface area contributed by atoms with Gasteiger partial charge in [0.15, 0.2) is 0 Å². The second-order valence-corrected chi connectivity index (χ2v) is 11.0. The van der Waals surface area contributed by atoms with Crippen LogP contribution >= 0.6 is 0 Å². The lowest BCUT2D eigenvalue weighted by Crippen LogP contribution is -2.02. The van der Waals surface area contributed by atoms with Crippen LogP contribution in [0.15, 0.2) is 24.3 Å². The number of hydrogen-bond donors (Lipinski definition) is 3. The van der Waals surface area contributed by atoms with Gasteiger partial charge in [0, 0.05) is 23.0 Å². The number of allylic oxidation sites excluding steroid dienone is 4. The fraction of sp³-hybridized carbons (Fsp3) is 0.353. The van der Waals surface area contributed by atoms with Crippen LogP contribution in [-0.4, -0.2) is 44.1 Å². The Kier molecular flexibility index (Phi) is 7.91. The summed E-state index contributed by atoms with van der Waals surface area (Å²) in [5.41, 5.74) is 14.6. The maximum Gasteiger partial charge on any atom is 0.340 e. The summed E-state index contributed by atoms with van der Waals surface area (Å²) in [6, 6.07) is 8.10. The van der Waals surface area contributed by atoms with E-state index in [0.29, 0.717) is 29.6 Å². The summed E-state index contributed by atoms with van der Waals surface area (Å²) in [5.74, 6) is -1.26. The van der Waals surface area contributed by atoms with Crippen LogP contribution in [0.25, 0.3) is 44.4 Å². The number of carboxylic acids is 1. The van der Waals surface area contributed by atoms with Gasteiger partial charge >= 0.3 is 11.9 Å². The number of esters is 1. The molecule has 2 aliphatic rings. The van der Waals surface area contributed by atoms with Crippen molar-refractivity contribution in [3.05, 3.63) is 69.3 Å². The average Bonchev–Trinajstić information content (AvgIpc) is 3.61. The molecular weight excluding hydrogens is 528 g/mol. The van der Waals surface area contributed by atoms with Crippen molar-refractivity contribution in [2.45, 2.75) is 73.6 Å². The van der Waals surface area contributed by atoms with E-state index in [0.717, 1.165) is 68.8 Å².